The van der Waals surface area contributed by atoms with Crippen molar-refractivity contribution in [2.24, 2.45) is 0 Å². The Morgan fingerprint density at radius 2 is 2.06 bits per heavy atom. The molecule has 0 bridgehead atoms. The summed E-state index contributed by atoms with van der Waals surface area (Å²) in [6.07, 6.45) is 2.02. The monoisotopic (exact) mass is 256 g/mol. The molecule has 1 N–H and O–H groups in total. The Hall–Kier alpha value is -1.13. The topological polar surface area (TPSA) is 55.2 Å². The molecule has 0 aliphatic rings. The first-order chi connectivity index (χ1) is 8.08. The standard InChI is InChI=1S/C12H17ClN2O2/c1-3-11(4-2)14-8-9-5-6-10(13)7-12(9)15(16)17/h5-7,11,14H,3-4,8H2,1-2H3. The molecule has 1 rings (SSSR count). The van der Waals surface area contributed by atoms with Crippen LogP contribution in [0.4, 0.5) is 5.69 Å². The average Bonchev–Trinajstić information content (AvgIpc) is 2.31. The van der Waals surface area contributed by atoms with E-state index in [1.165, 1.54) is 6.07 Å². The predicted molar refractivity (Wildman–Crippen MR) is 69.3 cm³/mol. The molecule has 0 saturated heterocycles. The number of nitro groups is 1. The Labute approximate surface area is 106 Å². The van der Waals surface area contributed by atoms with Crippen molar-refractivity contribution in [3.8, 4) is 0 Å². The molecule has 1 aromatic carbocycles. The van der Waals surface area contributed by atoms with Crippen molar-refractivity contribution in [2.45, 2.75) is 39.3 Å². The van der Waals surface area contributed by atoms with E-state index >= 15 is 0 Å². The van der Waals surface area contributed by atoms with Crippen LogP contribution in [-0.4, -0.2) is 11.0 Å². The lowest BCUT2D eigenvalue weighted by molar-refractivity contribution is -0.385. The number of benzene rings is 1. The summed E-state index contributed by atoms with van der Waals surface area (Å²) < 4.78 is 0. The first kappa shape index (κ1) is 13.9. The average molecular weight is 257 g/mol. The molecule has 0 atom stereocenters. The van der Waals surface area contributed by atoms with Gasteiger partial charge in [-0.05, 0) is 25.0 Å². The molecule has 0 aliphatic heterocycles. The summed E-state index contributed by atoms with van der Waals surface area (Å²) in [7, 11) is 0. The number of rotatable bonds is 6. The van der Waals surface area contributed by atoms with E-state index in [4.69, 9.17) is 11.6 Å². The van der Waals surface area contributed by atoms with Gasteiger partial charge in [-0.1, -0.05) is 25.4 Å². The van der Waals surface area contributed by atoms with Crippen LogP contribution in [0.1, 0.15) is 32.3 Å². The Morgan fingerprint density at radius 3 is 2.59 bits per heavy atom. The zero-order chi connectivity index (χ0) is 12.8. The van der Waals surface area contributed by atoms with Crippen LogP contribution in [0.3, 0.4) is 0 Å². The molecule has 0 amide bonds. The van der Waals surface area contributed by atoms with Crippen LogP contribution < -0.4 is 5.32 Å². The molecular weight excluding hydrogens is 240 g/mol. The number of nitro benzene ring substituents is 1. The first-order valence-electron chi connectivity index (χ1n) is 5.74. The van der Waals surface area contributed by atoms with Crippen molar-refractivity contribution in [1.82, 2.24) is 5.32 Å². The van der Waals surface area contributed by atoms with E-state index in [1.807, 2.05) is 0 Å². The number of hydrogen-bond donors (Lipinski definition) is 1. The summed E-state index contributed by atoms with van der Waals surface area (Å²) in [4.78, 5) is 10.5. The molecule has 0 heterocycles. The van der Waals surface area contributed by atoms with Crippen LogP contribution in [0.15, 0.2) is 18.2 Å². The van der Waals surface area contributed by atoms with Gasteiger partial charge in [0.25, 0.3) is 5.69 Å². The van der Waals surface area contributed by atoms with Crippen LogP contribution in [0.5, 0.6) is 0 Å². The highest BCUT2D eigenvalue weighted by atomic mass is 35.5. The van der Waals surface area contributed by atoms with Crippen LogP contribution in [-0.2, 0) is 6.54 Å². The van der Waals surface area contributed by atoms with Crippen LogP contribution in [0.25, 0.3) is 0 Å². The van der Waals surface area contributed by atoms with Gasteiger partial charge in [0.15, 0.2) is 0 Å². The highest BCUT2D eigenvalue weighted by Crippen LogP contribution is 2.23. The van der Waals surface area contributed by atoms with Gasteiger partial charge < -0.3 is 5.32 Å². The van der Waals surface area contributed by atoms with E-state index < -0.39 is 4.92 Å². The summed E-state index contributed by atoms with van der Waals surface area (Å²) in [5, 5.41) is 14.6. The normalized spacial score (nSPS) is 10.8. The Balaban J connectivity index is 2.80. The third-order valence-corrected chi connectivity index (χ3v) is 3.05. The van der Waals surface area contributed by atoms with Crippen molar-refractivity contribution < 1.29 is 4.92 Å². The SMILES string of the molecule is CCC(CC)NCc1ccc(Cl)cc1[N+](=O)[O-]. The number of hydrogen-bond acceptors (Lipinski definition) is 3. The lowest BCUT2D eigenvalue weighted by atomic mass is 10.1. The summed E-state index contributed by atoms with van der Waals surface area (Å²) in [6, 6.07) is 5.17. The maximum Gasteiger partial charge on any atom is 0.275 e. The van der Waals surface area contributed by atoms with Crippen molar-refractivity contribution in [3.63, 3.8) is 0 Å². The molecule has 0 radical (unpaired) electrons. The zero-order valence-electron chi connectivity index (χ0n) is 10.1. The van der Waals surface area contributed by atoms with Crippen LogP contribution in [0, 0.1) is 10.1 Å². The van der Waals surface area contributed by atoms with E-state index in [0.717, 1.165) is 12.8 Å². The number of halogens is 1. The van der Waals surface area contributed by atoms with Gasteiger partial charge >= 0.3 is 0 Å². The Bertz CT molecular complexity index is 392. The van der Waals surface area contributed by atoms with E-state index in [9.17, 15) is 10.1 Å². The quantitative estimate of drug-likeness (QED) is 0.626. The van der Waals surface area contributed by atoms with Crippen molar-refractivity contribution >= 4 is 17.3 Å². The molecular formula is C12H17ClN2O2. The summed E-state index contributed by atoms with van der Waals surface area (Å²) in [5.41, 5.74) is 0.752. The zero-order valence-corrected chi connectivity index (χ0v) is 10.8. The second-order valence-corrected chi connectivity index (χ2v) is 4.36. The largest absolute Gasteiger partial charge is 0.310 e. The van der Waals surface area contributed by atoms with Gasteiger partial charge in [-0.3, -0.25) is 10.1 Å². The molecule has 0 saturated carbocycles. The van der Waals surface area contributed by atoms with E-state index in [2.05, 4.69) is 19.2 Å². The van der Waals surface area contributed by atoms with Crippen molar-refractivity contribution in [2.75, 3.05) is 0 Å². The Morgan fingerprint density at radius 1 is 1.41 bits per heavy atom. The molecule has 0 aromatic heterocycles. The molecule has 0 fully saturated rings. The smallest absolute Gasteiger partial charge is 0.275 e. The minimum Gasteiger partial charge on any atom is -0.310 e. The third-order valence-electron chi connectivity index (χ3n) is 2.81. The molecule has 0 unspecified atom stereocenters. The summed E-state index contributed by atoms with van der Waals surface area (Å²) >= 11 is 5.75. The van der Waals surface area contributed by atoms with Gasteiger partial charge in [-0.15, -0.1) is 0 Å². The van der Waals surface area contributed by atoms with Crippen molar-refractivity contribution in [1.29, 1.82) is 0 Å². The van der Waals surface area contributed by atoms with Gasteiger partial charge in [0, 0.05) is 29.2 Å². The first-order valence-corrected chi connectivity index (χ1v) is 6.12. The van der Waals surface area contributed by atoms with E-state index in [-0.39, 0.29) is 5.69 Å². The second-order valence-electron chi connectivity index (χ2n) is 3.92. The Kier molecular flexibility index (Phi) is 5.38. The fourth-order valence-corrected chi connectivity index (χ4v) is 1.85. The van der Waals surface area contributed by atoms with Gasteiger partial charge in [-0.25, -0.2) is 0 Å². The van der Waals surface area contributed by atoms with Gasteiger partial charge in [-0.2, -0.15) is 0 Å². The maximum atomic E-state index is 10.9. The number of nitrogens with zero attached hydrogens (tertiary/aromatic N) is 1. The predicted octanol–water partition coefficient (Wildman–Crippen LogP) is 3.53. The lowest BCUT2D eigenvalue weighted by Crippen LogP contribution is -2.27. The number of nitrogens with one attached hydrogen (secondary N) is 1. The van der Waals surface area contributed by atoms with Crippen LogP contribution >= 0.6 is 11.6 Å². The summed E-state index contributed by atoms with van der Waals surface area (Å²) in [6.45, 7) is 4.69. The fraction of sp³-hybridized carbons (Fsp3) is 0.500. The van der Waals surface area contributed by atoms with Crippen LogP contribution in [0.2, 0.25) is 5.02 Å². The lowest BCUT2D eigenvalue weighted by Gasteiger charge is -2.14. The highest BCUT2D eigenvalue weighted by Gasteiger charge is 2.14. The van der Waals surface area contributed by atoms with E-state index in [1.54, 1.807) is 12.1 Å². The molecule has 0 aliphatic carbocycles. The van der Waals surface area contributed by atoms with Gasteiger partial charge in [0.05, 0.1) is 4.92 Å². The minimum atomic E-state index is -0.393. The van der Waals surface area contributed by atoms with Gasteiger partial charge in [0.2, 0.25) is 0 Å². The minimum absolute atomic E-state index is 0.0796. The van der Waals surface area contributed by atoms with Crippen molar-refractivity contribution in [3.05, 3.63) is 38.9 Å². The molecule has 4 nitrogen and oxygen atoms in total. The fourth-order valence-electron chi connectivity index (χ4n) is 1.69. The maximum absolute atomic E-state index is 10.9. The van der Waals surface area contributed by atoms with Gasteiger partial charge in [0.1, 0.15) is 0 Å². The molecule has 17 heavy (non-hydrogen) atoms. The summed E-state index contributed by atoms with van der Waals surface area (Å²) in [5.74, 6) is 0. The molecule has 5 heteroatoms. The second kappa shape index (κ2) is 6.57. The molecule has 0 spiro atoms. The third kappa shape index (κ3) is 3.98. The van der Waals surface area contributed by atoms with E-state index in [0.29, 0.717) is 23.2 Å². The highest BCUT2D eigenvalue weighted by molar-refractivity contribution is 6.30. The molecule has 1 aromatic rings. The molecule has 94 valence electrons.